The van der Waals surface area contributed by atoms with Crippen LogP contribution in [0.3, 0.4) is 0 Å². The molecule has 77 valence electrons. The maximum atomic E-state index is 5.89. The van der Waals surface area contributed by atoms with Gasteiger partial charge in [-0.3, -0.25) is 0 Å². The Morgan fingerprint density at radius 1 is 0.929 bits per heavy atom. The molecule has 0 aromatic heterocycles. The lowest BCUT2D eigenvalue weighted by Gasteiger charge is -2.30. The molecule has 0 spiro atoms. The smallest absolute Gasteiger partial charge is 0.166 e. The number of ether oxygens (including phenoxy) is 2. The molecule has 2 rings (SSSR count). The minimum atomic E-state index is -0.241. The van der Waals surface area contributed by atoms with Gasteiger partial charge in [0.05, 0.1) is 11.2 Å². The quantitative estimate of drug-likeness (QED) is 0.636. The van der Waals surface area contributed by atoms with E-state index in [1.54, 1.807) is 0 Å². The van der Waals surface area contributed by atoms with E-state index in [1.165, 1.54) is 0 Å². The third kappa shape index (κ3) is 1.59. The second-order valence-electron chi connectivity index (χ2n) is 4.81. The topological polar surface area (TPSA) is 18.5 Å². The minimum Gasteiger partial charge on any atom is -0.343 e. The summed E-state index contributed by atoms with van der Waals surface area (Å²) in [5.41, 5.74) is -0.482. The standard InChI is InChI=1S/C12H17O2/c1-11(2)12(3,4)14-10(13-11)9-7-5-6-8-9/h5-8,10H,1-4H3. The predicted octanol–water partition coefficient (Wildman–Crippen LogP) is 2.32. The molecule has 5 radical (unpaired) electrons. The Morgan fingerprint density at radius 3 is 1.79 bits per heavy atom. The minimum absolute atomic E-state index is 0.213. The highest BCUT2D eigenvalue weighted by Gasteiger charge is 2.51. The lowest BCUT2D eigenvalue weighted by molar-refractivity contribution is -0.0690. The molecule has 0 atom stereocenters. The first-order chi connectivity index (χ1) is 6.42. The van der Waals surface area contributed by atoms with E-state index in [1.807, 2.05) is 25.7 Å². The summed E-state index contributed by atoms with van der Waals surface area (Å²) in [5, 5.41) is 0. The fraction of sp³-hybridized carbons (Fsp3) is 0.583. The highest BCUT2D eigenvalue weighted by Crippen LogP contribution is 2.43. The van der Waals surface area contributed by atoms with Gasteiger partial charge < -0.3 is 9.47 Å². The van der Waals surface area contributed by atoms with E-state index in [9.17, 15) is 0 Å². The van der Waals surface area contributed by atoms with E-state index in [4.69, 9.17) is 9.47 Å². The predicted molar refractivity (Wildman–Crippen MR) is 54.6 cm³/mol. The molecule has 0 aromatic carbocycles. The number of rotatable bonds is 1. The van der Waals surface area contributed by atoms with Crippen LogP contribution >= 0.6 is 0 Å². The van der Waals surface area contributed by atoms with Gasteiger partial charge >= 0.3 is 0 Å². The molecule has 0 aromatic rings. The number of hydrogen-bond acceptors (Lipinski definition) is 2. The maximum Gasteiger partial charge on any atom is 0.166 e. The molecule has 0 unspecified atom stereocenters. The van der Waals surface area contributed by atoms with Crippen molar-refractivity contribution in [3.05, 3.63) is 31.6 Å². The molecule has 1 saturated carbocycles. The van der Waals surface area contributed by atoms with Crippen LogP contribution in [-0.4, -0.2) is 17.5 Å². The van der Waals surface area contributed by atoms with E-state index in [0.717, 1.165) is 5.92 Å². The summed E-state index contributed by atoms with van der Waals surface area (Å²) in [4.78, 5) is 0. The molecule has 1 aliphatic heterocycles. The maximum absolute atomic E-state index is 5.89. The van der Waals surface area contributed by atoms with Crippen molar-refractivity contribution in [3.8, 4) is 0 Å². The molecular formula is C12H17O2. The first kappa shape index (κ1) is 10.4. The Balaban J connectivity index is 2.05. The second-order valence-corrected chi connectivity index (χ2v) is 4.81. The summed E-state index contributed by atoms with van der Waals surface area (Å²) in [6.45, 7) is 8.26. The molecule has 0 N–H and O–H groups in total. The van der Waals surface area contributed by atoms with Crippen molar-refractivity contribution >= 4 is 0 Å². The SMILES string of the molecule is CC1(C)OC([C]2[CH][CH][CH][CH]2)OC1(C)C. The molecule has 1 aliphatic carbocycles. The zero-order chi connectivity index (χ0) is 10.4. The Kier molecular flexibility index (Phi) is 2.39. The van der Waals surface area contributed by atoms with Gasteiger partial charge in [-0.2, -0.15) is 0 Å². The second kappa shape index (κ2) is 3.21. The van der Waals surface area contributed by atoms with E-state index in [2.05, 4.69) is 27.7 Å². The lowest BCUT2D eigenvalue weighted by Crippen LogP contribution is -2.41. The average molecular weight is 193 g/mol. The first-order valence-electron chi connectivity index (χ1n) is 5.00. The Labute approximate surface area is 87.0 Å². The van der Waals surface area contributed by atoms with Gasteiger partial charge in [0.1, 0.15) is 0 Å². The van der Waals surface area contributed by atoms with Crippen LogP contribution in [0.5, 0.6) is 0 Å². The van der Waals surface area contributed by atoms with Gasteiger partial charge in [-0.1, -0.05) is 0 Å². The molecule has 1 saturated heterocycles. The molecule has 0 amide bonds. The van der Waals surface area contributed by atoms with Crippen LogP contribution in [0.25, 0.3) is 0 Å². The first-order valence-corrected chi connectivity index (χ1v) is 5.00. The third-order valence-corrected chi connectivity index (χ3v) is 3.21. The Hall–Kier alpha value is -0.0800. The zero-order valence-electron chi connectivity index (χ0n) is 9.20. The molecule has 2 heteroatoms. The monoisotopic (exact) mass is 193 g/mol. The highest BCUT2D eigenvalue weighted by atomic mass is 16.7. The van der Waals surface area contributed by atoms with Crippen LogP contribution in [0.15, 0.2) is 0 Å². The molecule has 1 heterocycles. The summed E-state index contributed by atoms with van der Waals surface area (Å²) in [6.07, 6.45) is 7.85. The van der Waals surface area contributed by atoms with Crippen LogP contribution in [0.2, 0.25) is 0 Å². The van der Waals surface area contributed by atoms with Crippen LogP contribution in [0.4, 0.5) is 0 Å². The van der Waals surface area contributed by atoms with Crippen LogP contribution in [-0.2, 0) is 9.47 Å². The summed E-state index contributed by atoms with van der Waals surface area (Å²) < 4.78 is 11.8. The van der Waals surface area contributed by atoms with Crippen LogP contribution < -0.4 is 0 Å². The highest BCUT2D eigenvalue weighted by molar-refractivity contribution is 5.37. The Morgan fingerprint density at radius 2 is 1.36 bits per heavy atom. The normalized spacial score (nSPS) is 32.6. The molecule has 2 nitrogen and oxygen atoms in total. The zero-order valence-corrected chi connectivity index (χ0v) is 9.20. The average Bonchev–Trinajstić information content (AvgIpc) is 2.58. The van der Waals surface area contributed by atoms with Crippen LogP contribution in [0, 0.1) is 31.6 Å². The van der Waals surface area contributed by atoms with Gasteiger partial charge in [0, 0.05) is 5.92 Å². The molecular weight excluding hydrogens is 176 g/mol. The fourth-order valence-electron chi connectivity index (χ4n) is 1.53. The van der Waals surface area contributed by atoms with Crippen molar-refractivity contribution in [2.45, 2.75) is 45.2 Å². The molecule has 2 aliphatic rings. The largest absolute Gasteiger partial charge is 0.343 e. The van der Waals surface area contributed by atoms with Gasteiger partial charge in [0.25, 0.3) is 0 Å². The fourth-order valence-corrected chi connectivity index (χ4v) is 1.53. The van der Waals surface area contributed by atoms with Crippen molar-refractivity contribution in [2.24, 2.45) is 0 Å². The van der Waals surface area contributed by atoms with Gasteiger partial charge in [0.15, 0.2) is 6.29 Å². The van der Waals surface area contributed by atoms with E-state index >= 15 is 0 Å². The lowest BCUT2D eigenvalue weighted by atomic mass is 9.90. The summed E-state index contributed by atoms with van der Waals surface area (Å²) in [6, 6.07) is 0. The van der Waals surface area contributed by atoms with Crippen molar-refractivity contribution in [1.29, 1.82) is 0 Å². The van der Waals surface area contributed by atoms with Crippen molar-refractivity contribution in [3.63, 3.8) is 0 Å². The summed E-state index contributed by atoms with van der Waals surface area (Å²) in [5.74, 6) is 1.10. The van der Waals surface area contributed by atoms with Gasteiger partial charge in [0.2, 0.25) is 0 Å². The van der Waals surface area contributed by atoms with Gasteiger partial charge in [-0.25, -0.2) is 0 Å². The van der Waals surface area contributed by atoms with Gasteiger partial charge in [-0.05, 0) is 53.4 Å². The van der Waals surface area contributed by atoms with Crippen molar-refractivity contribution < 1.29 is 9.47 Å². The van der Waals surface area contributed by atoms with E-state index in [0.29, 0.717) is 0 Å². The van der Waals surface area contributed by atoms with Crippen molar-refractivity contribution in [1.82, 2.24) is 0 Å². The van der Waals surface area contributed by atoms with E-state index in [-0.39, 0.29) is 17.5 Å². The summed E-state index contributed by atoms with van der Waals surface area (Å²) in [7, 11) is 0. The molecule has 0 bridgehead atoms. The number of hydrogen-bond donors (Lipinski definition) is 0. The Bertz CT molecular complexity index is 198. The van der Waals surface area contributed by atoms with E-state index < -0.39 is 0 Å². The third-order valence-electron chi connectivity index (χ3n) is 3.21. The van der Waals surface area contributed by atoms with Gasteiger partial charge in [-0.15, -0.1) is 0 Å². The molecule has 2 fully saturated rings. The van der Waals surface area contributed by atoms with Crippen LogP contribution in [0.1, 0.15) is 27.7 Å². The summed E-state index contributed by atoms with van der Waals surface area (Å²) >= 11 is 0. The molecule has 14 heavy (non-hydrogen) atoms. The van der Waals surface area contributed by atoms with Crippen molar-refractivity contribution in [2.75, 3.05) is 0 Å².